The van der Waals surface area contributed by atoms with Crippen LogP contribution in [0.15, 0.2) is 44.4 Å². The molecular weight excluding hydrogens is 424 g/mol. The number of aromatic nitrogens is 1. The number of anilines is 1. The van der Waals surface area contributed by atoms with Crippen LogP contribution in [0.1, 0.15) is 11.1 Å². The maximum Gasteiger partial charge on any atom is 0.263 e. The number of hydrogen-bond donors (Lipinski definition) is 2. The van der Waals surface area contributed by atoms with E-state index in [1.165, 1.54) is 18.5 Å². The van der Waals surface area contributed by atoms with Gasteiger partial charge in [0.2, 0.25) is 0 Å². The summed E-state index contributed by atoms with van der Waals surface area (Å²) in [5.41, 5.74) is 1.66. The minimum atomic E-state index is -3.79. The third kappa shape index (κ3) is 3.63. The first kappa shape index (κ1) is 16.4. The molecule has 8 heteroatoms. The molecule has 0 unspecified atom stereocenters. The lowest BCUT2D eigenvalue weighted by molar-refractivity contribution is 0.281. The molecule has 0 bridgehead atoms. The Hall–Kier alpha value is -0.960. The molecule has 112 valence electrons. The number of halogens is 2. The first-order valence-corrected chi connectivity index (χ1v) is 8.94. The van der Waals surface area contributed by atoms with E-state index >= 15 is 0 Å². The number of aliphatic hydroxyl groups excluding tert-OH is 1. The van der Waals surface area contributed by atoms with Gasteiger partial charge >= 0.3 is 0 Å². The van der Waals surface area contributed by atoms with Crippen LogP contribution >= 0.6 is 31.9 Å². The zero-order valence-corrected chi connectivity index (χ0v) is 15.0. The molecule has 1 aromatic carbocycles. The van der Waals surface area contributed by atoms with Gasteiger partial charge in [-0.15, -0.1) is 0 Å². The van der Waals surface area contributed by atoms with E-state index in [0.717, 1.165) is 5.56 Å². The molecule has 0 amide bonds. The smallest absolute Gasteiger partial charge is 0.263 e. The molecule has 5 nitrogen and oxygen atoms in total. The van der Waals surface area contributed by atoms with Gasteiger partial charge in [0.15, 0.2) is 0 Å². The highest BCUT2D eigenvalue weighted by atomic mass is 79.9. The molecule has 0 aliphatic heterocycles. The van der Waals surface area contributed by atoms with Gasteiger partial charge in [0.25, 0.3) is 10.0 Å². The van der Waals surface area contributed by atoms with Crippen molar-refractivity contribution >= 4 is 47.6 Å². The highest BCUT2D eigenvalue weighted by Crippen LogP contribution is 2.30. The van der Waals surface area contributed by atoms with Crippen molar-refractivity contribution in [2.24, 2.45) is 0 Å². The van der Waals surface area contributed by atoms with Crippen molar-refractivity contribution in [2.45, 2.75) is 18.4 Å². The molecule has 0 atom stereocenters. The normalized spacial score (nSPS) is 11.4. The van der Waals surface area contributed by atoms with Crippen LogP contribution < -0.4 is 4.72 Å². The lowest BCUT2D eigenvalue weighted by Crippen LogP contribution is -2.15. The van der Waals surface area contributed by atoms with Crippen molar-refractivity contribution in [1.82, 2.24) is 4.98 Å². The Labute approximate surface area is 139 Å². The lowest BCUT2D eigenvalue weighted by Gasteiger charge is -2.13. The van der Waals surface area contributed by atoms with Crippen LogP contribution in [-0.4, -0.2) is 18.5 Å². The van der Waals surface area contributed by atoms with Gasteiger partial charge in [-0.25, -0.2) is 8.42 Å². The van der Waals surface area contributed by atoms with Crippen LogP contribution in [0.4, 0.5) is 5.69 Å². The molecule has 0 saturated carbocycles. The number of hydrogen-bond acceptors (Lipinski definition) is 4. The van der Waals surface area contributed by atoms with Gasteiger partial charge in [0.05, 0.1) is 16.8 Å². The summed E-state index contributed by atoms with van der Waals surface area (Å²) in [6.45, 7) is 1.54. The molecule has 2 aromatic rings. The second-order valence-electron chi connectivity index (χ2n) is 4.34. The Balaban J connectivity index is 2.50. The molecule has 0 aliphatic carbocycles. The summed E-state index contributed by atoms with van der Waals surface area (Å²) < 4.78 is 28.6. The summed E-state index contributed by atoms with van der Waals surface area (Å²) in [6, 6.07) is 4.72. The van der Waals surface area contributed by atoms with E-state index < -0.39 is 10.0 Å². The molecular formula is C13H12Br2N2O3S. The average molecular weight is 436 g/mol. The first-order valence-electron chi connectivity index (χ1n) is 5.87. The first-order chi connectivity index (χ1) is 9.85. The number of aryl methyl sites for hydroxylation is 1. The van der Waals surface area contributed by atoms with Crippen molar-refractivity contribution in [3.63, 3.8) is 0 Å². The number of nitrogens with one attached hydrogen (secondary N) is 1. The van der Waals surface area contributed by atoms with Crippen LogP contribution in [-0.2, 0) is 16.6 Å². The van der Waals surface area contributed by atoms with E-state index in [1.54, 1.807) is 19.1 Å². The maximum absolute atomic E-state index is 12.5. The fraction of sp³-hybridized carbons (Fsp3) is 0.154. The van der Waals surface area contributed by atoms with E-state index in [1.807, 2.05) is 0 Å². The van der Waals surface area contributed by atoms with Crippen molar-refractivity contribution in [2.75, 3.05) is 4.72 Å². The van der Waals surface area contributed by atoms with Crippen molar-refractivity contribution in [3.05, 3.63) is 50.7 Å². The summed E-state index contributed by atoms with van der Waals surface area (Å²) in [7, 11) is -3.79. The van der Waals surface area contributed by atoms with Crippen molar-refractivity contribution < 1.29 is 13.5 Å². The predicted octanol–water partition coefficient (Wildman–Crippen LogP) is 3.21. The number of nitrogens with zero attached hydrogens (tertiary/aromatic N) is 1. The highest BCUT2D eigenvalue weighted by molar-refractivity contribution is 9.11. The lowest BCUT2D eigenvalue weighted by atomic mass is 10.1. The highest BCUT2D eigenvalue weighted by Gasteiger charge is 2.21. The Morgan fingerprint density at radius 2 is 2.05 bits per heavy atom. The van der Waals surface area contributed by atoms with Crippen LogP contribution in [0.5, 0.6) is 0 Å². The number of benzene rings is 1. The Morgan fingerprint density at radius 3 is 2.67 bits per heavy atom. The SMILES string of the molecule is Cc1cc(CO)cc(S(=O)(=O)Nc2ccncc2Br)c1Br. The van der Waals surface area contributed by atoms with Gasteiger partial charge in [0.1, 0.15) is 4.90 Å². The van der Waals surface area contributed by atoms with E-state index in [9.17, 15) is 13.5 Å². The van der Waals surface area contributed by atoms with Gasteiger partial charge in [0, 0.05) is 16.9 Å². The molecule has 2 rings (SSSR count). The molecule has 21 heavy (non-hydrogen) atoms. The van der Waals surface area contributed by atoms with Crippen LogP contribution in [0.25, 0.3) is 0 Å². The molecule has 0 fully saturated rings. The molecule has 0 aliphatic rings. The standard InChI is InChI=1S/C13H12Br2N2O3S/c1-8-4-9(7-18)5-12(13(8)15)21(19,20)17-11-2-3-16-6-10(11)14/h2-6,18H,7H2,1H3,(H,16,17). The zero-order chi connectivity index (χ0) is 15.6. The predicted molar refractivity (Wildman–Crippen MR) is 87.5 cm³/mol. The summed E-state index contributed by atoms with van der Waals surface area (Å²) in [6.07, 6.45) is 3.00. The second kappa shape index (κ2) is 6.43. The molecule has 2 N–H and O–H groups in total. The number of rotatable bonds is 4. The summed E-state index contributed by atoms with van der Waals surface area (Å²) in [5.74, 6) is 0. The summed E-state index contributed by atoms with van der Waals surface area (Å²) in [5, 5.41) is 9.23. The number of pyridine rings is 1. The van der Waals surface area contributed by atoms with E-state index in [2.05, 4.69) is 41.6 Å². The zero-order valence-electron chi connectivity index (χ0n) is 11.0. The van der Waals surface area contributed by atoms with E-state index in [4.69, 9.17) is 0 Å². The monoisotopic (exact) mass is 434 g/mol. The van der Waals surface area contributed by atoms with Crippen molar-refractivity contribution in [1.29, 1.82) is 0 Å². The van der Waals surface area contributed by atoms with Gasteiger partial charge in [-0.3, -0.25) is 9.71 Å². The van der Waals surface area contributed by atoms with Crippen LogP contribution in [0, 0.1) is 6.92 Å². The van der Waals surface area contributed by atoms with E-state index in [-0.39, 0.29) is 11.5 Å². The van der Waals surface area contributed by atoms with Crippen LogP contribution in [0.3, 0.4) is 0 Å². The van der Waals surface area contributed by atoms with Gasteiger partial charge in [-0.1, -0.05) is 6.07 Å². The van der Waals surface area contributed by atoms with E-state index in [0.29, 0.717) is 20.2 Å². The fourth-order valence-electron chi connectivity index (χ4n) is 1.75. The third-order valence-electron chi connectivity index (χ3n) is 2.77. The Bertz CT molecular complexity index is 779. The van der Waals surface area contributed by atoms with Gasteiger partial charge in [-0.2, -0.15) is 0 Å². The Morgan fingerprint density at radius 1 is 1.33 bits per heavy atom. The fourth-order valence-corrected chi connectivity index (χ4v) is 4.38. The number of sulfonamides is 1. The minimum absolute atomic E-state index is 0.0789. The minimum Gasteiger partial charge on any atom is -0.392 e. The maximum atomic E-state index is 12.5. The summed E-state index contributed by atoms with van der Waals surface area (Å²) in [4.78, 5) is 3.96. The van der Waals surface area contributed by atoms with Crippen molar-refractivity contribution in [3.8, 4) is 0 Å². The van der Waals surface area contributed by atoms with Gasteiger partial charge < -0.3 is 5.11 Å². The molecule has 0 saturated heterocycles. The Kier molecular flexibility index (Phi) is 5.03. The third-order valence-corrected chi connectivity index (χ3v) is 6.11. The second-order valence-corrected chi connectivity index (χ2v) is 7.64. The average Bonchev–Trinajstić information content (AvgIpc) is 2.43. The molecule has 1 heterocycles. The molecule has 1 aromatic heterocycles. The quantitative estimate of drug-likeness (QED) is 0.772. The summed E-state index contributed by atoms with van der Waals surface area (Å²) >= 11 is 6.53. The molecule has 0 spiro atoms. The number of aliphatic hydroxyl groups is 1. The van der Waals surface area contributed by atoms with Crippen LogP contribution in [0.2, 0.25) is 0 Å². The van der Waals surface area contributed by atoms with Gasteiger partial charge in [-0.05, 0) is 62.0 Å². The topological polar surface area (TPSA) is 79.3 Å². The largest absolute Gasteiger partial charge is 0.392 e. The molecule has 0 radical (unpaired) electrons.